The van der Waals surface area contributed by atoms with Crippen LogP contribution >= 0.6 is 22.6 Å². The summed E-state index contributed by atoms with van der Waals surface area (Å²) in [5.41, 5.74) is 1.46. The van der Waals surface area contributed by atoms with Crippen LogP contribution in [0.1, 0.15) is 35.7 Å². The lowest BCUT2D eigenvalue weighted by atomic mass is 10.0. The van der Waals surface area contributed by atoms with Gasteiger partial charge < -0.3 is 5.11 Å². The molecule has 0 atom stereocenters. The normalized spacial score (nSPS) is 10.5. The van der Waals surface area contributed by atoms with Crippen LogP contribution in [0.2, 0.25) is 0 Å². The Kier molecular flexibility index (Phi) is 3.30. The van der Waals surface area contributed by atoms with Gasteiger partial charge in [-0.1, -0.05) is 19.9 Å². The van der Waals surface area contributed by atoms with E-state index < -0.39 is 0 Å². The molecule has 0 aliphatic rings. The number of carbonyl (C=O) groups excluding carboxylic acids is 1. The Bertz CT molecular complexity index is 332. The van der Waals surface area contributed by atoms with Gasteiger partial charge in [0, 0.05) is 22.6 Å². The fourth-order valence-corrected chi connectivity index (χ4v) is 1.50. The molecule has 1 aromatic carbocycles. The largest absolute Gasteiger partial charge is 0.507 e. The zero-order valence-corrected chi connectivity index (χ0v) is 9.70. The molecular weight excluding hydrogens is 279 g/mol. The molecule has 0 saturated heterocycles. The number of benzene rings is 1. The van der Waals surface area contributed by atoms with E-state index in [0.717, 1.165) is 5.56 Å². The Morgan fingerprint density at radius 2 is 2.08 bits per heavy atom. The molecule has 3 heteroatoms. The van der Waals surface area contributed by atoms with Gasteiger partial charge in [-0.05, 0) is 23.6 Å². The molecule has 0 aliphatic carbocycles. The van der Waals surface area contributed by atoms with Crippen LogP contribution in [-0.4, -0.2) is 8.90 Å². The predicted molar refractivity (Wildman–Crippen MR) is 60.5 cm³/mol. The summed E-state index contributed by atoms with van der Waals surface area (Å²) in [5, 5.41) is 9.36. The molecule has 2 nitrogen and oxygen atoms in total. The molecule has 0 amide bonds. The molecule has 0 unspecified atom stereocenters. The zero-order valence-electron chi connectivity index (χ0n) is 7.54. The van der Waals surface area contributed by atoms with E-state index in [1.54, 1.807) is 34.7 Å². The summed E-state index contributed by atoms with van der Waals surface area (Å²) >= 11 is 1.68. The van der Waals surface area contributed by atoms with Crippen molar-refractivity contribution in [2.75, 3.05) is 0 Å². The first-order valence-corrected chi connectivity index (χ1v) is 5.13. The van der Waals surface area contributed by atoms with E-state index >= 15 is 0 Å². The maximum Gasteiger partial charge on any atom is 0.226 e. The van der Waals surface area contributed by atoms with Crippen molar-refractivity contribution in [1.82, 2.24) is 0 Å². The standard InChI is InChI=1S/C10H11IO2/c1-6(2)7-3-4-9(12)8(5-7)10(11)13/h3-6,12H,1-2H3. The summed E-state index contributed by atoms with van der Waals surface area (Å²) in [5.74, 6) is 0.430. The third-order valence-electron chi connectivity index (χ3n) is 1.90. The van der Waals surface area contributed by atoms with Crippen LogP contribution in [0.3, 0.4) is 0 Å². The summed E-state index contributed by atoms with van der Waals surface area (Å²) < 4.78 is -0.127. The molecule has 13 heavy (non-hydrogen) atoms. The predicted octanol–water partition coefficient (Wildman–Crippen LogP) is 3.09. The number of phenols is 1. The minimum Gasteiger partial charge on any atom is -0.507 e. The van der Waals surface area contributed by atoms with Crippen molar-refractivity contribution in [2.24, 2.45) is 0 Å². The second-order valence-corrected chi connectivity index (χ2v) is 4.18. The summed E-state index contributed by atoms with van der Waals surface area (Å²) in [6.07, 6.45) is 0. The smallest absolute Gasteiger partial charge is 0.226 e. The Morgan fingerprint density at radius 1 is 1.46 bits per heavy atom. The van der Waals surface area contributed by atoms with Crippen LogP contribution in [0.5, 0.6) is 5.75 Å². The van der Waals surface area contributed by atoms with Crippen LogP contribution in [0, 0.1) is 0 Å². The average molecular weight is 290 g/mol. The summed E-state index contributed by atoms with van der Waals surface area (Å²) in [7, 11) is 0. The monoisotopic (exact) mass is 290 g/mol. The van der Waals surface area contributed by atoms with Gasteiger partial charge in [-0.2, -0.15) is 0 Å². The maximum atomic E-state index is 11.1. The van der Waals surface area contributed by atoms with Crippen molar-refractivity contribution in [2.45, 2.75) is 19.8 Å². The molecule has 0 fully saturated rings. The van der Waals surface area contributed by atoms with E-state index in [-0.39, 0.29) is 9.54 Å². The molecule has 1 rings (SSSR count). The number of rotatable bonds is 2. The van der Waals surface area contributed by atoms with Crippen molar-refractivity contribution in [3.8, 4) is 5.75 Å². The van der Waals surface area contributed by atoms with Crippen molar-refractivity contribution in [3.05, 3.63) is 29.3 Å². The van der Waals surface area contributed by atoms with Gasteiger partial charge in [-0.25, -0.2) is 0 Å². The fraction of sp³-hybridized carbons (Fsp3) is 0.300. The van der Waals surface area contributed by atoms with E-state index in [1.807, 2.05) is 19.9 Å². The number of aromatic hydroxyl groups is 1. The number of hydrogen-bond donors (Lipinski definition) is 1. The van der Waals surface area contributed by atoms with Crippen LogP contribution in [0.15, 0.2) is 18.2 Å². The first kappa shape index (κ1) is 10.5. The quantitative estimate of drug-likeness (QED) is 0.671. The lowest BCUT2D eigenvalue weighted by molar-refractivity contribution is 0.110. The second kappa shape index (κ2) is 4.09. The molecule has 0 saturated carbocycles. The lowest BCUT2D eigenvalue weighted by Crippen LogP contribution is -1.93. The number of halogens is 1. The topological polar surface area (TPSA) is 37.3 Å². The highest BCUT2D eigenvalue weighted by Crippen LogP contribution is 2.24. The highest BCUT2D eigenvalue weighted by molar-refractivity contribution is 14.1. The molecule has 0 bridgehead atoms. The molecule has 0 radical (unpaired) electrons. The van der Waals surface area contributed by atoms with Gasteiger partial charge >= 0.3 is 0 Å². The molecule has 70 valence electrons. The van der Waals surface area contributed by atoms with Crippen molar-refractivity contribution >= 4 is 26.4 Å². The van der Waals surface area contributed by atoms with Crippen molar-refractivity contribution in [1.29, 1.82) is 0 Å². The third-order valence-corrected chi connectivity index (χ3v) is 2.48. The molecule has 1 aromatic rings. The maximum absolute atomic E-state index is 11.1. The van der Waals surface area contributed by atoms with Gasteiger partial charge in [0.25, 0.3) is 0 Å². The van der Waals surface area contributed by atoms with Crippen molar-refractivity contribution < 1.29 is 9.90 Å². The highest BCUT2D eigenvalue weighted by Gasteiger charge is 2.09. The van der Waals surface area contributed by atoms with E-state index in [1.165, 1.54) is 0 Å². The van der Waals surface area contributed by atoms with Gasteiger partial charge in [0.05, 0.1) is 5.56 Å². The first-order chi connectivity index (χ1) is 6.02. The summed E-state index contributed by atoms with van der Waals surface area (Å²) in [4.78, 5) is 11.1. The molecule has 0 aromatic heterocycles. The molecule has 0 aliphatic heterocycles. The van der Waals surface area contributed by atoms with Gasteiger partial charge in [0.15, 0.2) is 0 Å². The van der Waals surface area contributed by atoms with Gasteiger partial charge in [-0.3, -0.25) is 4.79 Å². The van der Waals surface area contributed by atoms with Gasteiger partial charge in [-0.15, -0.1) is 0 Å². The summed E-state index contributed by atoms with van der Waals surface area (Å²) in [6, 6.07) is 5.15. The number of phenolic OH excluding ortho intramolecular Hbond substituents is 1. The van der Waals surface area contributed by atoms with Crippen LogP contribution in [-0.2, 0) is 0 Å². The Labute approximate surface area is 91.1 Å². The number of hydrogen-bond acceptors (Lipinski definition) is 2. The SMILES string of the molecule is CC(C)c1ccc(O)c(C(=O)I)c1. The second-order valence-electron chi connectivity index (χ2n) is 3.20. The van der Waals surface area contributed by atoms with E-state index in [4.69, 9.17) is 0 Å². The van der Waals surface area contributed by atoms with E-state index in [9.17, 15) is 9.90 Å². The minimum atomic E-state index is -0.127. The highest BCUT2D eigenvalue weighted by atomic mass is 127. The van der Waals surface area contributed by atoms with Gasteiger partial charge in [0.2, 0.25) is 3.79 Å². The fourth-order valence-electron chi connectivity index (χ4n) is 1.07. The average Bonchev–Trinajstić information content (AvgIpc) is 2.04. The Morgan fingerprint density at radius 3 is 2.54 bits per heavy atom. The van der Waals surface area contributed by atoms with Gasteiger partial charge in [0.1, 0.15) is 5.75 Å². The van der Waals surface area contributed by atoms with Crippen molar-refractivity contribution in [3.63, 3.8) is 0 Å². The minimum absolute atomic E-state index is 0.0591. The van der Waals surface area contributed by atoms with Crippen LogP contribution in [0.4, 0.5) is 0 Å². The molecule has 1 N–H and O–H groups in total. The summed E-state index contributed by atoms with van der Waals surface area (Å²) in [6.45, 7) is 4.10. The Hall–Kier alpha value is -0.580. The molecule has 0 heterocycles. The van der Waals surface area contributed by atoms with Crippen LogP contribution in [0.25, 0.3) is 0 Å². The Balaban J connectivity index is 3.19. The zero-order chi connectivity index (χ0) is 10.0. The van der Waals surface area contributed by atoms with E-state index in [2.05, 4.69) is 0 Å². The molecular formula is C10H11IO2. The first-order valence-electron chi connectivity index (χ1n) is 4.05. The number of carbonyl (C=O) groups is 1. The van der Waals surface area contributed by atoms with E-state index in [0.29, 0.717) is 11.5 Å². The lowest BCUT2D eigenvalue weighted by Gasteiger charge is -2.07. The van der Waals surface area contributed by atoms with Crippen LogP contribution < -0.4 is 0 Å². The molecule has 0 spiro atoms. The third kappa shape index (κ3) is 2.43.